The van der Waals surface area contributed by atoms with Crippen molar-refractivity contribution in [1.82, 2.24) is 4.90 Å². The van der Waals surface area contributed by atoms with Crippen LogP contribution in [0.25, 0.3) is 0 Å². The number of carbonyl (C=O) groups excluding carboxylic acids is 1. The third-order valence-corrected chi connectivity index (χ3v) is 3.60. The second-order valence-electron chi connectivity index (χ2n) is 5.03. The molecule has 18 heavy (non-hydrogen) atoms. The van der Waals surface area contributed by atoms with Crippen LogP contribution in [-0.4, -0.2) is 36.4 Å². The summed E-state index contributed by atoms with van der Waals surface area (Å²) in [5, 5.41) is 0. The number of ketones is 1. The van der Waals surface area contributed by atoms with Gasteiger partial charge in [0.2, 0.25) is 0 Å². The zero-order valence-electron chi connectivity index (χ0n) is 10.8. The van der Waals surface area contributed by atoms with Crippen molar-refractivity contribution in [3.63, 3.8) is 0 Å². The van der Waals surface area contributed by atoms with Crippen LogP contribution in [0.1, 0.15) is 36.0 Å². The van der Waals surface area contributed by atoms with Gasteiger partial charge in [-0.1, -0.05) is 36.8 Å². The molecule has 2 rings (SSSR count). The van der Waals surface area contributed by atoms with Crippen LogP contribution in [0.4, 0.5) is 0 Å². The number of hydrogen-bond donors (Lipinski definition) is 1. The smallest absolute Gasteiger partial charge is 0.179 e. The van der Waals surface area contributed by atoms with E-state index in [0.29, 0.717) is 0 Å². The average Bonchev–Trinajstić information content (AvgIpc) is 2.46. The normalized spacial score (nSPS) is 18.5. The lowest BCUT2D eigenvalue weighted by atomic mass is 10.0. The Labute approximate surface area is 109 Å². The fourth-order valence-electron chi connectivity index (χ4n) is 2.45. The molecule has 2 N–H and O–H groups in total. The summed E-state index contributed by atoms with van der Waals surface area (Å²) in [5.41, 5.74) is 6.72. The van der Waals surface area contributed by atoms with Crippen LogP contribution in [0.15, 0.2) is 30.3 Å². The van der Waals surface area contributed by atoms with E-state index in [2.05, 4.69) is 4.90 Å². The quantitative estimate of drug-likeness (QED) is 0.809. The number of nitrogens with two attached hydrogens (primary N) is 1. The second-order valence-corrected chi connectivity index (χ2v) is 5.03. The maximum atomic E-state index is 12.1. The molecule has 0 saturated carbocycles. The lowest BCUT2D eigenvalue weighted by molar-refractivity contribution is 0.0948. The number of piperidine rings is 1. The molecule has 0 aliphatic carbocycles. The maximum Gasteiger partial charge on any atom is 0.179 e. The van der Waals surface area contributed by atoms with E-state index in [1.807, 2.05) is 30.3 Å². The maximum absolute atomic E-state index is 12.1. The molecule has 0 aromatic heterocycles. The molecule has 1 aromatic carbocycles. The van der Waals surface area contributed by atoms with Crippen molar-refractivity contribution in [3.05, 3.63) is 35.9 Å². The van der Waals surface area contributed by atoms with Gasteiger partial charge in [0.1, 0.15) is 0 Å². The molecule has 1 heterocycles. The van der Waals surface area contributed by atoms with Crippen LogP contribution in [0.5, 0.6) is 0 Å². The minimum absolute atomic E-state index is 0.0626. The molecule has 1 fully saturated rings. The number of rotatable bonds is 5. The molecule has 0 amide bonds. The van der Waals surface area contributed by atoms with Crippen molar-refractivity contribution in [3.8, 4) is 0 Å². The molecular weight excluding hydrogens is 224 g/mol. The third-order valence-electron chi connectivity index (χ3n) is 3.60. The van der Waals surface area contributed by atoms with E-state index in [1.54, 1.807) is 0 Å². The van der Waals surface area contributed by atoms with Crippen molar-refractivity contribution in [2.45, 2.75) is 31.7 Å². The van der Waals surface area contributed by atoms with Gasteiger partial charge in [0, 0.05) is 12.1 Å². The van der Waals surface area contributed by atoms with Gasteiger partial charge in [-0.15, -0.1) is 0 Å². The minimum atomic E-state index is -0.366. The zero-order valence-corrected chi connectivity index (χ0v) is 10.8. The molecule has 1 aliphatic heterocycles. The van der Waals surface area contributed by atoms with Crippen LogP contribution >= 0.6 is 0 Å². The Morgan fingerprint density at radius 2 is 1.83 bits per heavy atom. The first-order chi connectivity index (χ1) is 8.77. The SMILES string of the molecule is NC(CCN1CCCCC1)C(=O)c1ccccc1. The summed E-state index contributed by atoms with van der Waals surface area (Å²) in [4.78, 5) is 14.5. The molecule has 1 unspecified atom stereocenters. The molecule has 1 aliphatic rings. The largest absolute Gasteiger partial charge is 0.321 e. The van der Waals surface area contributed by atoms with Gasteiger partial charge in [0.25, 0.3) is 0 Å². The lowest BCUT2D eigenvalue weighted by Gasteiger charge is -2.27. The van der Waals surface area contributed by atoms with E-state index < -0.39 is 0 Å². The summed E-state index contributed by atoms with van der Waals surface area (Å²) in [5.74, 6) is 0.0626. The molecule has 0 spiro atoms. The topological polar surface area (TPSA) is 46.3 Å². The lowest BCUT2D eigenvalue weighted by Crippen LogP contribution is -2.37. The molecule has 3 nitrogen and oxygen atoms in total. The standard InChI is InChI=1S/C15H22N2O/c16-14(9-12-17-10-5-2-6-11-17)15(18)13-7-3-1-4-8-13/h1,3-4,7-8,14H,2,5-6,9-12,16H2. The van der Waals surface area contributed by atoms with Gasteiger partial charge in [0.15, 0.2) is 5.78 Å². The van der Waals surface area contributed by atoms with Gasteiger partial charge in [-0.05, 0) is 32.4 Å². The highest BCUT2D eigenvalue weighted by Crippen LogP contribution is 2.10. The van der Waals surface area contributed by atoms with Crippen molar-refractivity contribution in [1.29, 1.82) is 0 Å². The summed E-state index contributed by atoms with van der Waals surface area (Å²) in [6.45, 7) is 3.26. The highest BCUT2D eigenvalue weighted by molar-refractivity contribution is 5.99. The van der Waals surface area contributed by atoms with E-state index in [0.717, 1.165) is 31.6 Å². The van der Waals surface area contributed by atoms with Crippen LogP contribution in [0, 0.1) is 0 Å². The van der Waals surface area contributed by atoms with Crippen molar-refractivity contribution in [2.24, 2.45) is 5.73 Å². The minimum Gasteiger partial charge on any atom is -0.321 e. The van der Waals surface area contributed by atoms with E-state index in [4.69, 9.17) is 5.73 Å². The van der Waals surface area contributed by atoms with Gasteiger partial charge in [0.05, 0.1) is 6.04 Å². The summed E-state index contributed by atoms with van der Waals surface area (Å²) in [6.07, 6.45) is 4.66. The van der Waals surface area contributed by atoms with Gasteiger partial charge in [-0.3, -0.25) is 4.79 Å². The molecule has 1 atom stereocenters. The van der Waals surface area contributed by atoms with E-state index in [-0.39, 0.29) is 11.8 Å². The first-order valence-corrected chi connectivity index (χ1v) is 6.84. The fourth-order valence-corrected chi connectivity index (χ4v) is 2.45. The van der Waals surface area contributed by atoms with Gasteiger partial charge >= 0.3 is 0 Å². The summed E-state index contributed by atoms with van der Waals surface area (Å²) < 4.78 is 0. The van der Waals surface area contributed by atoms with Crippen molar-refractivity contribution in [2.75, 3.05) is 19.6 Å². The Hall–Kier alpha value is -1.19. The molecular formula is C15H22N2O. The van der Waals surface area contributed by atoms with E-state index >= 15 is 0 Å². The van der Waals surface area contributed by atoms with Gasteiger partial charge in [-0.2, -0.15) is 0 Å². The van der Waals surface area contributed by atoms with Crippen LogP contribution in [0.3, 0.4) is 0 Å². The number of nitrogens with zero attached hydrogens (tertiary/aromatic N) is 1. The zero-order chi connectivity index (χ0) is 12.8. The second kappa shape index (κ2) is 6.66. The fraction of sp³-hybridized carbons (Fsp3) is 0.533. The molecule has 0 radical (unpaired) electrons. The highest BCUT2D eigenvalue weighted by atomic mass is 16.1. The predicted molar refractivity (Wildman–Crippen MR) is 73.7 cm³/mol. The van der Waals surface area contributed by atoms with Crippen molar-refractivity contribution >= 4 is 5.78 Å². The van der Waals surface area contributed by atoms with E-state index in [9.17, 15) is 4.79 Å². The van der Waals surface area contributed by atoms with Crippen LogP contribution in [-0.2, 0) is 0 Å². The highest BCUT2D eigenvalue weighted by Gasteiger charge is 2.17. The first kappa shape index (κ1) is 13.2. The molecule has 1 aromatic rings. The van der Waals surface area contributed by atoms with E-state index in [1.165, 1.54) is 19.3 Å². The predicted octanol–water partition coefficient (Wildman–Crippen LogP) is 2.07. The summed E-state index contributed by atoms with van der Waals surface area (Å²) in [6, 6.07) is 8.98. The first-order valence-electron chi connectivity index (χ1n) is 6.84. The van der Waals surface area contributed by atoms with Crippen molar-refractivity contribution < 1.29 is 4.79 Å². The van der Waals surface area contributed by atoms with Crippen LogP contribution in [0.2, 0.25) is 0 Å². The molecule has 0 bridgehead atoms. The molecule has 98 valence electrons. The Kier molecular flexibility index (Phi) is 4.90. The number of hydrogen-bond acceptors (Lipinski definition) is 3. The summed E-state index contributed by atoms with van der Waals surface area (Å²) in [7, 11) is 0. The third kappa shape index (κ3) is 3.65. The van der Waals surface area contributed by atoms with Crippen LogP contribution < -0.4 is 5.73 Å². The van der Waals surface area contributed by atoms with Gasteiger partial charge in [-0.25, -0.2) is 0 Å². The molecule has 3 heteroatoms. The summed E-state index contributed by atoms with van der Waals surface area (Å²) >= 11 is 0. The number of benzene rings is 1. The Morgan fingerprint density at radius 1 is 1.17 bits per heavy atom. The monoisotopic (exact) mass is 246 g/mol. The van der Waals surface area contributed by atoms with Gasteiger partial charge < -0.3 is 10.6 Å². The number of likely N-dealkylation sites (tertiary alicyclic amines) is 1. The molecule has 1 saturated heterocycles. The average molecular weight is 246 g/mol. The Bertz CT molecular complexity index is 371. The number of carbonyl (C=O) groups is 1. The Balaban J connectivity index is 1.80. The number of Topliss-reactive ketones (excluding diaryl/α,β-unsaturated/α-hetero) is 1. The Morgan fingerprint density at radius 3 is 2.50 bits per heavy atom.